The van der Waals surface area contributed by atoms with Crippen LogP contribution in [0.1, 0.15) is 219 Å². The highest BCUT2D eigenvalue weighted by atomic mass is 16.6. The van der Waals surface area contributed by atoms with Crippen LogP contribution in [0, 0.1) is 0 Å². The molecule has 0 saturated heterocycles. The van der Waals surface area contributed by atoms with E-state index >= 15 is 0 Å². The van der Waals surface area contributed by atoms with Gasteiger partial charge >= 0.3 is 11.9 Å². The minimum absolute atomic E-state index is 0.0689. The molecule has 0 unspecified atom stereocenters. The summed E-state index contributed by atoms with van der Waals surface area (Å²) in [6.45, 7) is 4.12. The first kappa shape index (κ1) is 46.4. The van der Waals surface area contributed by atoms with Gasteiger partial charge in [-0.25, -0.2) is 0 Å². The van der Waals surface area contributed by atoms with E-state index in [9.17, 15) is 14.7 Å². The maximum Gasteiger partial charge on any atom is 0.306 e. The van der Waals surface area contributed by atoms with Gasteiger partial charge in [0.25, 0.3) is 0 Å². The molecule has 1 N–H and O–H groups in total. The van der Waals surface area contributed by atoms with Crippen molar-refractivity contribution in [3.63, 3.8) is 0 Å². The molecule has 5 nitrogen and oxygen atoms in total. The Balaban J connectivity index is 3.52. The van der Waals surface area contributed by atoms with E-state index in [4.69, 9.17) is 9.47 Å². The van der Waals surface area contributed by atoms with Gasteiger partial charge in [0.15, 0.2) is 6.10 Å². The van der Waals surface area contributed by atoms with Crippen molar-refractivity contribution in [3.05, 3.63) is 24.3 Å². The number of hydrogen-bond donors (Lipinski definition) is 1. The zero-order chi connectivity index (χ0) is 35.0. The lowest BCUT2D eigenvalue weighted by atomic mass is 10.0. The van der Waals surface area contributed by atoms with Crippen molar-refractivity contribution in [2.24, 2.45) is 0 Å². The van der Waals surface area contributed by atoms with Crippen molar-refractivity contribution >= 4 is 11.9 Å². The van der Waals surface area contributed by atoms with E-state index in [-0.39, 0.29) is 25.2 Å². The van der Waals surface area contributed by atoms with Crippen LogP contribution in [0.4, 0.5) is 0 Å². The molecule has 0 amide bonds. The molecule has 0 bridgehead atoms. The normalized spacial score (nSPS) is 12.3. The molecule has 48 heavy (non-hydrogen) atoms. The SMILES string of the molecule is CCCCCC=CCC=CCCCCCCCC(=O)OC[C@H](CO)OC(=O)CCCCCCCCCCCCCCCCCCCCC. The van der Waals surface area contributed by atoms with Crippen LogP contribution in [0.2, 0.25) is 0 Å². The fourth-order valence-corrected chi connectivity index (χ4v) is 6.06. The second-order valence-corrected chi connectivity index (χ2v) is 14.1. The van der Waals surface area contributed by atoms with Gasteiger partial charge in [0, 0.05) is 12.8 Å². The summed E-state index contributed by atoms with van der Waals surface area (Å²) in [4.78, 5) is 24.3. The minimum Gasteiger partial charge on any atom is -0.462 e. The van der Waals surface area contributed by atoms with Crippen LogP contribution >= 0.6 is 0 Å². The second kappa shape index (κ2) is 39.8. The number of ether oxygens (including phenoxy) is 2. The van der Waals surface area contributed by atoms with Crippen LogP contribution in [0.5, 0.6) is 0 Å². The molecular formula is C43H80O5. The van der Waals surface area contributed by atoms with E-state index in [0.717, 1.165) is 51.4 Å². The molecule has 0 aliphatic rings. The maximum atomic E-state index is 12.2. The molecule has 0 aromatic carbocycles. The Morgan fingerprint density at radius 3 is 1.27 bits per heavy atom. The fraction of sp³-hybridized carbons (Fsp3) is 0.860. The van der Waals surface area contributed by atoms with E-state index in [0.29, 0.717) is 12.8 Å². The van der Waals surface area contributed by atoms with Crippen molar-refractivity contribution < 1.29 is 24.2 Å². The molecule has 0 aromatic heterocycles. The summed E-state index contributed by atoms with van der Waals surface area (Å²) in [5.74, 6) is -0.597. The molecule has 0 radical (unpaired) electrons. The molecule has 0 rings (SSSR count). The highest BCUT2D eigenvalue weighted by molar-refractivity contribution is 5.70. The van der Waals surface area contributed by atoms with E-state index in [1.54, 1.807) is 0 Å². The average Bonchev–Trinajstić information content (AvgIpc) is 3.09. The van der Waals surface area contributed by atoms with Crippen LogP contribution in [-0.2, 0) is 19.1 Å². The summed E-state index contributed by atoms with van der Waals surface area (Å²) in [7, 11) is 0. The van der Waals surface area contributed by atoms with Crippen molar-refractivity contribution in [2.45, 2.75) is 225 Å². The number of unbranched alkanes of at least 4 members (excludes halogenated alkanes) is 26. The summed E-state index contributed by atoms with van der Waals surface area (Å²) in [6.07, 6.45) is 46.7. The molecule has 0 aliphatic carbocycles. The van der Waals surface area contributed by atoms with Gasteiger partial charge in [0.05, 0.1) is 6.61 Å². The molecule has 0 aliphatic heterocycles. The molecule has 0 saturated carbocycles. The molecule has 0 aromatic rings. The molecule has 0 spiro atoms. The lowest BCUT2D eigenvalue weighted by molar-refractivity contribution is -0.161. The van der Waals surface area contributed by atoms with Crippen molar-refractivity contribution in [2.75, 3.05) is 13.2 Å². The van der Waals surface area contributed by atoms with Crippen molar-refractivity contribution in [1.29, 1.82) is 0 Å². The largest absolute Gasteiger partial charge is 0.462 e. The van der Waals surface area contributed by atoms with Crippen LogP contribution < -0.4 is 0 Å². The first-order valence-corrected chi connectivity index (χ1v) is 20.9. The number of aliphatic hydroxyl groups excluding tert-OH is 1. The van der Waals surface area contributed by atoms with Gasteiger partial charge < -0.3 is 14.6 Å². The second-order valence-electron chi connectivity index (χ2n) is 14.1. The predicted molar refractivity (Wildman–Crippen MR) is 205 cm³/mol. The number of carbonyl (C=O) groups excluding carboxylic acids is 2. The first-order chi connectivity index (χ1) is 23.6. The highest BCUT2D eigenvalue weighted by Gasteiger charge is 2.16. The number of esters is 2. The molecule has 0 fully saturated rings. The number of carbonyl (C=O) groups is 2. The summed E-state index contributed by atoms with van der Waals surface area (Å²) < 4.78 is 10.6. The van der Waals surface area contributed by atoms with Crippen LogP contribution in [-0.4, -0.2) is 36.4 Å². The fourth-order valence-electron chi connectivity index (χ4n) is 6.06. The van der Waals surface area contributed by atoms with Gasteiger partial charge in [-0.3, -0.25) is 9.59 Å². The summed E-state index contributed by atoms with van der Waals surface area (Å²) in [5, 5.41) is 9.56. The van der Waals surface area contributed by atoms with Gasteiger partial charge in [-0.05, 0) is 44.9 Å². The van der Waals surface area contributed by atoms with Gasteiger partial charge in [0.2, 0.25) is 0 Å². The summed E-state index contributed by atoms with van der Waals surface area (Å²) >= 11 is 0. The predicted octanol–water partition coefficient (Wildman–Crippen LogP) is 13.1. The Kier molecular flexibility index (Phi) is 38.5. The van der Waals surface area contributed by atoms with E-state index in [1.165, 1.54) is 141 Å². The monoisotopic (exact) mass is 677 g/mol. The quantitative estimate of drug-likeness (QED) is 0.0400. The Morgan fingerprint density at radius 1 is 0.479 bits per heavy atom. The van der Waals surface area contributed by atoms with Crippen LogP contribution in [0.25, 0.3) is 0 Å². The lowest BCUT2D eigenvalue weighted by Gasteiger charge is -2.15. The smallest absolute Gasteiger partial charge is 0.306 e. The average molecular weight is 677 g/mol. The van der Waals surface area contributed by atoms with Crippen LogP contribution in [0.15, 0.2) is 24.3 Å². The van der Waals surface area contributed by atoms with Crippen molar-refractivity contribution in [1.82, 2.24) is 0 Å². The lowest BCUT2D eigenvalue weighted by Crippen LogP contribution is -2.28. The third-order valence-electron chi connectivity index (χ3n) is 9.25. The first-order valence-electron chi connectivity index (χ1n) is 20.9. The number of hydrogen-bond acceptors (Lipinski definition) is 5. The van der Waals surface area contributed by atoms with Gasteiger partial charge in [-0.15, -0.1) is 0 Å². The maximum absolute atomic E-state index is 12.2. The molecule has 0 heterocycles. The van der Waals surface area contributed by atoms with E-state index < -0.39 is 6.10 Å². The van der Waals surface area contributed by atoms with Crippen LogP contribution in [0.3, 0.4) is 0 Å². The summed E-state index contributed by atoms with van der Waals surface area (Å²) in [6, 6.07) is 0. The molecule has 5 heteroatoms. The Bertz CT molecular complexity index is 731. The zero-order valence-electron chi connectivity index (χ0n) is 32.0. The van der Waals surface area contributed by atoms with E-state index in [1.807, 2.05) is 0 Å². The Morgan fingerprint density at radius 2 is 0.833 bits per heavy atom. The third kappa shape index (κ3) is 37.2. The number of aliphatic hydroxyl groups is 1. The van der Waals surface area contributed by atoms with Gasteiger partial charge in [0.1, 0.15) is 6.61 Å². The van der Waals surface area contributed by atoms with Gasteiger partial charge in [-0.2, -0.15) is 0 Å². The molecule has 1 atom stereocenters. The molecule has 282 valence electrons. The highest BCUT2D eigenvalue weighted by Crippen LogP contribution is 2.15. The Labute approximate surface area is 298 Å². The standard InChI is InChI=1S/C43H80O5/c1-3-5-7-9-11-13-15-17-19-20-21-22-24-26-28-30-32-34-36-38-43(46)48-41(39-44)40-47-42(45)37-35-33-31-29-27-25-23-18-16-14-12-10-8-6-4-2/h12,14,18,23,41,44H,3-11,13,15-17,19-22,24-40H2,1-2H3/t41-/m0/s1. The minimum atomic E-state index is -0.772. The Hall–Kier alpha value is -1.62. The van der Waals surface area contributed by atoms with Gasteiger partial charge in [-0.1, -0.05) is 186 Å². The van der Waals surface area contributed by atoms with Crippen molar-refractivity contribution in [3.8, 4) is 0 Å². The number of rotatable bonds is 38. The molecular weight excluding hydrogens is 596 g/mol. The third-order valence-corrected chi connectivity index (χ3v) is 9.25. The topological polar surface area (TPSA) is 72.8 Å². The number of allylic oxidation sites excluding steroid dienone is 4. The zero-order valence-corrected chi connectivity index (χ0v) is 32.0. The van der Waals surface area contributed by atoms with E-state index in [2.05, 4.69) is 38.2 Å². The summed E-state index contributed by atoms with van der Waals surface area (Å²) in [5.41, 5.74) is 0.